The summed E-state index contributed by atoms with van der Waals surface area (Å²) in [6.45, 7) is 2.18. The van der Waals surface area contributed by atoms with Crippen molar-refractivity contribution in [3.8, 4) is 0 Å². The fourth-order valence-electron chi connectivity index (χ4n) is 3.90. The van der Waals surface area contributed by atoms with Gasteiger partial charge in [0, 0.05) is 23.5 Å². The molecule has 0 aromatic carbocycles. The molecule has 2 fully saturated rings. The summed E-state index contributed by atoms with van der Waals surface area (Å²) in [5, 5.41) is 10.8. The quantitative estimate of drug-likeness (QED) is 0.836. The van der Waals surface area contributed by atoms with Gasteiger partial charge in [-0.25, -0.2) is 4.79 Å². The second-order valence-corrected chi connectivity index (χ2v) is 7.20. The second kappa shape index (κ2) is 6.75. The van der Waals surface area contributed by atoms with Gasteiger partial charge < -0.3 is 5.11 Å². The Morgan fingerprint density at radius 1 is 1.33 bits per heavy atom. The molecule has 4 heteroatoms. The summed E-state index contributed by atoms with van der Waals surface area (Å²) in [5.41, 5.74) is 1.07. The van der Waals surface area contributed by atoms with Gasteiger partial charge in [0.25, 0.3) is 0 Å². The predicted octanol–water partition coefficient (Wildman–Crippen LogP) is 4.00. The van der Waals surface area contributed by atoms with E-state index in [1.54, 1.807) is 17.4 Å². The fraction of sp³-hybridized carbons (Fsp3) is 0.588. The molecule has 1 atom stereocenters. The summed E-state index contributed by atoms with van der Waals surface area (Å²) in [6, 6.07) is 2.78. The maximum Gasteiger partial charge on any atom is 0.328 e. The molecule has 1 aromatic heterocycles. The SMILES string of the molecule is O=C(O)C=Cc1ccsc1CN1CCCC1C1CCCC1. The second-order valence-electron chi connectivity index (χ2n) is 6.20. The molecule has 1 aromatic rings. The van der Waals surface area contributed by atoms with E-state index in [9.17, 15) is 4.79 Å². The minimum Gasteiger partial charge on any atom is -0.478 e. The van der Waals surface area contributed by atoms with Crippen molar-refractivity contribution in [2.24, 2.45) is 5.92 Å². The van der Waals surface area contributed by atoms with Crippen LogP contribution in [0.5, 0.6) is 0 Å². The van der Waals surface area contributed by atoms with Crippen LogP contribution in [0.1, 0.15) is 49.0 Å². The van der Waals surface area contributed by atoms with Gasteiger partial charge in [-0.15, -0.1) is 11.3 Å². The summed E-state index contributed by atoms with van der Waals surface area (Å²) >= 11 is 1.75. The third kappa shape index (κ3) is 3.55. The number of rotatable bonds is 5. The minimum absolute atomic E-state index is 0.755. The van der Waals surface area contributed by atoms with E-state index in [4.69, 9.17) is 5.11 Å². The predicted molar refractivity (Wildman–Crippen MR) is 86.4 cm³/mol. The van der Waals surface area contributed by atoms with Crippen molar-refractivity contribution in [2.75, 3.05) is 6.54 Å². The molecule has 1 aliphatic heterocycles. The van der Waals surface area contributed by atoms with Crippen molar-refractivity contribution in [3.05, 3.63) is 28.0 Å². The van der Waals surface area contributed by atoms with Gasteiger partial charge >= 0.3 is 5.97 Å². The molecule has 21 heavy (non-hydrogen) atoms. The van der Waals surface area contributed by atoms with Crippen LogP contribution in [0.4, 0.5) is 0 Å². The normalized spacial score (nSPS) is 24.3. The van der Waals surface area contributed by atoms with Gasteiger partial charge in [0.05, 0.1) is 0 Å². The van der Waals surface area contributed by atoms with Crippen molar-refractivity contribution in [1.82, 2.24) is 4.90 Å². The third-order valence-electron chi connectivity index (χ3n) is 4.89. The molecule has 1 saturated carbocycles. The van der Waals surface area contributed by atoms with Crippen molar-refractivity contribution < 1.29 is 9.90 Å². The van der Waals surface area contributed by atoms with Crippen molar-refractivity contribution in [3.63, 3.8) is 0 Å². The van der Waals surface area contributed by atoms with Gasteiger partial charge in [-0.3, -0.25) is 4.90 Å². The van der Waals surface area contributed by atoms with E-state index in [1.165, 1.54) is 56.0 Å². The molecule has 3 nitrogen and oxygen atoms in total. The lowest BCUT2D eigenvalue weighted by Gasteiger charge is -2.29. The highest BCUT2D eigenvalue weighted by Gasteiger charge is 2.33. The number of likely N-dealkylation sites (tertiary alicyclic amines) is 1. The number of nitrogens with zero attached hydrogens (tertiary/aromatic N) is 1. The smallest absolute Gasteiger partial charge is 0.328 e. The first-order chi connectivity index (χ1) is 10.2. The molecule has 1 aliphatic carbocycles. The lowest BCUT2D eigenvalue weighted by atomic mass is 9.96. The van der Waals surface area contributed by atoms with Crippen LogP contribution in [0, 0.1) is 5.92 Å². The van der Waals surface area contributed by atoms with Gasteiger partial charge in [0.15, 0.2) is 0 Å². The van der Waals surface area contributed by atoms with Crippen LogP contribution in [0.15, 0.2) is 17.5 Å². The van der Waals surface area contributed by atoms with Crippen molar-refractivity contribution in [2.45, 2.75) is 51.1 Å². The monoisotopic (exact) mass is 305 g/mol. The zero-order valence-electron chi connectivity index (χ0n) is 12.3. The molecular weight excluding hydrogens is 282 g/mol. The van der Waals surface area contributed by atoms with Crippen LogP contribution in [0.25, 0.3) is 6.08 Å². The van der Waals surface area contributed by atoms with Crippen molar-refractivity contribution >= 4 is 23.4 Å². The summed E-state index contributed by atoms with van der Waals surface area (Å²) in [4.78, 5) is 14.6. The number of thiophene rings is 1. The van der Waals surface area contributed by atoms with E-state index >= 15 is 0 Å². The van der Waals surface area contributed by atoms with Crippen molar-refractivity contribution in [1.29, 1.82) is 0 Å². The van der Waals surface area contributed by atoms with Gasteiger partial charge in [-0.1, -0.05) is 12.8 Å². The Hall–Kier alpha value is -1.13. The Kier molecular flexibility index (Phi) is 4.76. The Bertz CT molecular complexity index is 517. The first kappa shape index (κ1) is 14.8. The molecule has 0 spiro atoms. The highest BCUT2D eigenvalue weighted by Crippen LogP contribution is 2.36. The first-order valence-corrected chi connectivity index (χ1v) is 8.83. The number of carboxylic acids is 1. The topological polar surface area (TPSA) is 40.5 Å². The first-order valence-electron chi connectivity index (χ1n) is 7.95. The van der Waals surface area contributed by atoms with E-state index in [0.717, 1.165) is 24.1 Å². The number of hydrogen-bond donors (Lipinski definition) is 1. The molecule has 2 heterocycles. The van der Waals surface area contributed by atoms with E-state index in [-0.39, 0.29) is 0 Å². The molecule has 2 aliphatic rings. The molecule has 1 saturated heterocycles. The summed E-state index contributed by atoms with van der Waals surface area (Å²) in [5.74, 6) is 0.0163. The highest BCUT2D eigenvalue weighted by molar-refractivity contribution is 7.10. The molecular formula is C17H23NO2S. The van der Waals surface area contributed by atoms with Gasteiger partial charge in [-0.2, -0.15) is 0 Å². The van der Waals surface area contributed by atoms with Crippen LogP contribution in [-0.2, 0) is 11.3 Å². The fourth-order valence-corrected chi connectivity index (χ4v) is 4.79. The summed E-state index contributed by atoms with van der Waals surface area (Å²) in [7, 11) is 0. The Morgan fingerprint density at radius 3 is 2.90 bits per heavy atom. The Balaban J connectivity index is 1.68. The number of carbonyl (C=O) groups is 1. The average molecular weight is 305 g/mol. The minimum atomic E-state index is -0.878. The molecule has 114 valence electrons. The van der Waals surface area contributed by atoms with E-state index in [0.29, 0.717) is 0 Å². The number of hydrogen-bond acceptors (Lipinski definition) is 3. The average Bonchev–Trinajstić information content (AvgIpc) is 3.18. The van der Waals surface area contributed by atoms with Crippen LogP contribution >= 0.6 is 11.3 Å². The standard InChI is InChI=1S/C17H23NO2S/c19-17(20)8-7-14-9-11-21-16(14)12-18-10-3-6-15(18)13-4-1-2-5-13/h7-9,11,13,15H,1-6,10,12H2,(H,19,20). The molecule has 3 rings (SSSR count). The summed E-state index contributed by atoms with van der Waals surface area (Å²) < 4.78 is 0. The maximum atomic E-state index is 10.7. The molecule has 0 radical (unpaired) electrons. The zero-order chi connectivity index (χ0) is 14.7. The van der Waals surface area contributed by atoms with Gasteiger partial charge in [-0.05, 0) is 61.2 Å². The van der Waals surface area contributed by atoms with Gasteiger partial charge in [0.2, 0.25) is 0 Å². The molecule has 0 bridgehead atoms. The Labute approximate surface area is 130 Å². The largest absolute Gasteiger partial charge is 0.478 e. The molecule has 1 unspecified atom stereocenters. The van der Waals surface area contributed by atoms with Crippen LogP contribution < -0.4 is 0 Å². The number of aliphatic carboxylic acids is 1. The molecule has 0 amide bonds. The Morgan fingerprint density at radius 2 is 2.14 bits per heavy atom. The van der Waals surface area contributed by atoms with E-state index in [2.05, 4.69) is 10.3 Å². The van der Waals surface area contributed by atoms with Crippen LogP contribution in [0.3, 0.4) is 0 Å². The third-order valence-corrected chi connectivity index (χ3v) is 5.81. The van der Waals surface area contributed by atoms with Gasteiger partial charge in [0.1, 0.15) is 0 Å². The lowest BCUT2D eigenvalue weighted by Crippen LogP contribution is -2.34. The lowest BCUT2D eigenvalue weighted by molar-refractivity contribution is -0.131. The maximum absolute atomic E-state index is 10.7. The van der Waals surface area contributed by atoms with E-state index in [1.807, 2.05) is 6.07 Å². The van der Waals surface area contributed by atoms with E-state index < -0.39 is 5.97 Å². The highest BCUT2D eigenvalue weighted by atomic mass is 32.1. The zero-order valence-corrected chi connectivity index (χ0v) is 13.1. The number of carboxylic acid groups (broad SMARTS) is 1. The van der Waals surface area contributed by atoms with Crippen LogP contribution in [-0.4, -0.2) is 28.6 Å². The summed E-state index contributed by atoms with van der Waals surface area (Å²) in [6.07, 6.45) is 11.2. The van der Waals surface area contributed by atoms with Crippen LogP contribution in [0.2, 0.25) is 0 Å². The molecule has 1 N–H and O–H groups in total.